The van der Waals surface area contributed by atoms with E-state index in [2.05, 4.69) is 21.6 Å². The normalized spacial score (nSPS) is 22.1. The van der Waals surface area contributed by atoms with Crippen LogP contribution in [0.15, 0.2) is 11.5 Å². The molecule has 5 heteroatoms. The van der Waals surface area contributed by atoms with E-state index in [4.69, 9.17) is 10.9 Å². The minimum atomic E-state index is 0.104. The highest BCUT2D eigenvalue weighted by molar-refractivity contribution is 5.96. The Hall–Kier alpha value is -1.52. The molecule has 1 unspecified atom stereocenters. The average molecular weight is 194 g/mol. The van der Waals surface area contributed by atoms with E-state index in [9.17, 15) is 0 Å². The average Bonchev–Trinajstić information content (AvgIpc) is 2.62. The van der Waals surface area contributed by atoms with Crippen LogP contribution in [0.3, 0.4) is 0 Å². The molecule has 0 aromatic carbocycles. The fourth-order valence-electron chi connectivity index (χ4n) is 2.04. The minimum Gasteiger partial charge on any atom is -0.409 e. The van der Waals surface area contributed by atoms with Crippen molar-refractivity contribution in [3.63, 3.8) is 0 Å². The number of aryl methyl sites for hydroxylation is 1. The summed E-state index contributed by atoms with van der Waals surface area (Å²) >= 11 is 0. The van der Waals surface area contributed by atoms with Gasteiger partial charge in [0.25, 0.3) is 0 Å². The lowest BCUT2D eigenvalue weighted by Gasteiger charge is -2.21. The quantitative estimate of drug-likeness (QED) is 0.301. The van der Waals surface area contributed by atoms with E-state index in [1.807, 2.05) is 0 Å². The number of nitrogens with zero attached hydrogens (tertiary/aromatic N) is 3. The molecule has 1 atom stereocenters. The summed E-state index contributed by atoms with van der Waals surface area (Å²) in [5, 5.41) is 11.6. The van der Waals surface area contributed by atoms with Crippen LogP contribution >= 0.6 is 0 Å². The number of aromatic nitrogens is 2. The molecule has 14 heavy (non-hydrogen) atoms. The molecule has 0 saturated carbocycles. The highest BCUT2D eigenvalue weighted by Crippen LogP contribution is 2.28. The van der Waals surface area contributed by atoms with Gasteiger partial charge in [-0.2, -0.15) is 0 Å². The van der Waals surface area contributed by atoms with Crippen LogP contribution in [0.2, 0.25) is 0 Å². The summed E-state index contributed by atoms with van der Waals surface area (Å²) in [7, 11) is 0. The van der Waals surface area contributed by atoms with Gasteiger partial charge in [0, 0.05) is 6.54 Å². The second-order valence-electron chi connectivity index (χ2n) is 3.70. The number of hydrogen-bond acceptors (Lipinski definition) is 3. The number of oxime groups is 1. The molecular formula is C9H14N4O. The third-order valence-corrected chi connectivity index (χ3v) is 2.73. The van der Waals surface area contributed by atoms with Crippen molar-refractivity contribution < 1.29 is 5.21 Å². The minimum absolute atomic E-state index is 0.104. The summed E-state index contributed by atoms with van der Waals surface area (Å²) in [6.45, 7) is 3.12. The van der Waals surface area contributed by atoms with Crippen LogP contribution in [0, 0.1) is 0 Å². The van der Waals surface area contributed by atoms with Crippen LogP contribution in [0.25, 0.3) is 0 Å². The molecule has 2 heterocycles. The lowest BCUT2D eigenvalue weighted by Crippen LogP contribution is -2.20. The maximum absolute atomic E-state index is 8.61. The molecule has 0 saturated heterocycles. The molecule has 0 aliphatic carbocycles. The van der Waals surface area contributed by atoms with Gasteiger partial charge in [0.1, 0.15) is 5.69 Å². The van der Waals surface area contributed by atoms with Crippen molar-refractivity contribution in [2.75, 3.05) is 0 Å². The molecule has 0 amide bonds. The molecule has 1 aromatic rings. The SMILES string of the molecule is CC1CCCn2cnc(/C(N)=N\O)c21. The zero-order valence-corrected chi connectivity index (χ0v) is 8.14. The zero-order valence-electron chi connectivity index (χ0n) is 8.14. The Morgan fingerprint density at radius 2 is 2.57 bits per heavy atom. The van der Waals surface area contributed by atoms with E-state index in [0.29, 0.717) is 11.6 Å². The Balaban J connectivity index is 2.48. The second kappa shape index (κ2) is 3.32. The molecular weight excluding hydrogens is 180 g/mol. The van der Waals surface area contributed by atoms with Crippen LogP contribution in [0.1, 0.15) is 37.1 Å². The van der Waals surface area contributed by atoms with Gasteiger partial charge in [-0.05, 0) is 18.8 Å². The number of rotatable bonds is 1. The molecule has 0 spiro atoms. The fourth-order valence-corrected chi connectivity index (χ4v) is 2.04. The Kier molecular flexibility index (Phi) is 2.15. The number of fused-ring (bicyclic) bond motifs is 1. The van der Waals surface area contributed by atoms with Gasteiger partial charge in [-0.1, -0.05) is 12.1 Å². The maximum atomic E-state index is 8.61. The van der Waals surface area contributed by atoms with Gasteiger partial charge in [0.05, 0.1) is 12.0 Å². The molecule has 0 bridgehead atoms. The van der Waals surface area contributed by atoms with E-state index >= 15 is 0 Å². The van der Waals surface area contributed by atoms with Crippen molar-refractivity contribution in [3.8, 4) is 0 Å². The van der Waals surface area contributed by atoms with Crippen molar-refractivity contribution in [1.82, 2.24) is 9.55 Å². The monoisotopic (exact) mass is 194 g/mol. The Bertz CT molecular complexity index is 369. The van der Waals surface area contributed by atoms with Crippen LogP contribution in [0.4, 0.5) is 0 Å². The highest BCUT2D eigenvalue weighted by atomic mass is 16.4. The van der Waals surface area contributed by atoms with Crippen LogP contribution < -0.4 is 5.73 Å². The van der Waals surface area contributed by atoms with E-state index in [-0.39, 0.29) is 5.84 Å². The van der Waals surface area contributed by atoms with E-state index < -0.39 is 0 Å². The predicted molar refractivity (Wildman–Crippen MR) is 52.4 cm³/mol. The first-order chi connectivity index (χ1) is 6.74. The van der Waals surface area contributed by atoms with Gasteiger partial charge in [-0.25, -0.2) is 4.98 Å². The second-order valence-corrected chi connectivity index (χ2v) is 3.70. The van der Waals surface area contributed by atoms with Gasteiger partial charge < -0.3 is 15.5 Å². The van der Waals surface area contributed by atoms with Gasteiger partial charge >= 0.3 is 0 Å². The number of amidine groups is 1. The first kappa shape index (κ1) is 9.05. The van der Waals surface area contributed by atoms with Crippen molar-refractivity contribution in [3.05, 3.63) is 17.7 Å². The van der Waals surface area contributed by atoms with E-state index in [1.165, 1.54) is 6.42 Å². The summed E-state index contributed by atoms with van der Waals surface area (Å²) in [5.74, 6) is 0.536. The Morgan fingerprint density at radius 3 is 3.29 bits per heavy atom. The summed E-state index contributed by atoms with van der Waals surface area (Å²) in [6.07, 6.45) is 4.07. The third kappa shape index (κ3) is 1.25. The highest BCUT2D eigenvalue weighted by Gasteiger charge is 2.23. The Labute approximate surface area is 82.2 Å². The smallest absolute Gasteiger partial charge is 0.190 e. The standard InChI is InChI=1S/C9H14N4O/c1-6-3-2-4-13-5-11-7(8(6)13)9(10)12-14/h5-6,14H,2-4H2,1H3,(H2,10,12). The number of imidazole rings is 1. The largest absolute Gasteiger partial charge is 0.409 e. The predicted octanol–water partition coefficient (Wildman–Crippen LogP) is 0.875. The van der Waals surface area contributed by atoms with Crippen LogP contribution in [-0.2, 0) is 6.54 Å². The molecule has 3 N–H and O–H groups in total. The number of hydrogen-bond donors (Lipinski definition) is 2. The van der Waals surface area contributed by atoms with Gasteiger partial charge in [-0.3, -0.25) is 0 Å². The van der Waals surface area contributed by atoms with Crippen molar-refractivity contribution in [2.24, 2.45) is 10.9 Å². The zero-order chi connectivity index (χ0) is 10.1. The van der Waals surface area contributed by atoms with Crippen LogP contribution in [-0.4, -0.2) is 20.6 Å². The first-order valence-corrected chi connectivity index (χ1v) is 4.77. The molecule has 0 fully saturated rings. The van der Waals surface area contributed by atoms with Gasteiger partial charge in [0.2, 0.25) is 0 Å². The summed E-state index contributed by atoms with van der Waals surface area (Å²) in [4.78, 5) is 4.17. The van der Waals surface area contributed by atoms with Crippen molar-refractivity contribution >= 4 is 5.84 Å². The first-order valence-electron chi connectivity index (χ1n) is 4.77. The van der Waals surface area contributed by atoms with Gasteiger partial charge in [-0.15, -0.1) is 0 Å². The van der Waals surface area contributed by atoms with Crippen molar-refractivity contribution in [2.45, 2.75) is 32.2 Å². The van der Waals surface area contributed by atoms with Gasteiger partial charge in [0.15, 0.2) is 5.84 Å². The fraction of sp³-hybridized carbons (Fsp3) is 0.556. The molecule has 0 radical (unpaired) electrons. The van der Waals surface area contributed by atoms with E-state index in [1.54, 1.807) is 6.33 Å². The third-order valence-electron chi connectivity index (χ3n) is 2.73. The molecule has 2 rings (SSSR count). The Morgan fingerprint density at radius 1 is 1.79 bits per heavy atom. The summed E-state index contributed by atoms with van der Waals surface area (Å²) in [5.41, 5.74) is 7.26. The molecule has 1 aromatic heterocycles. The number of nitrogens with two attached hydrogens (primary N) is 1. The molecule has 1 aliphatic rings. The topological polar surface area (TPSA) is 76.4 Å². The molecule has 76 valence electrons. The van der Waals surface area contributed by atoms with Crippen molar-refractivity contribution in [1.29, 1.82) is 0 Å². The molecule has 1 aliphatic heterocycles. The summed E-state index contributed by atoms with van der Waals surface area (Å²) in [6, 6.07) is 0. The lowest BCUT2D eigenvalue weighted by atomic mass is 9.96. The lowest BCUT2D eigenvalue weighted by molar-refractivity contribution is 0.318. The summed E-state index contributed by atoms with van der Waals surface area (Å²) < 4.78 is 2.08. The van der Waals surface area contributed by atoms with Crippen LogP contribution in [0.5, 0.6) is 0 Å². The maximum Gasteiger partial charge on any atom is 0.190 e. The molecule has 5 nitrogen and oxygen atoms in total. The van der Waals surface area contributed by atoms with E-state index in [0.717, 1.165) is 18.7 Å².